The van der Waals surface area contributed by atoms with Gasteiger partial charge in [0.15, 0.2) is 21.3 Å². The maximum Gasteiger partial charge on any atom is 0.517 e. The molecular weight excluding hydrogens is 742 g/mol. The van der Waals surface area contributed by atoms with Gasteiger partial charge in [-0.25, -0.2) is 16.8 Å². The number of benzene rings is 4. The number of esters is 2. The SMILES string of the molecule is CCS(=O)(=O)c1ccc(NS(=O)(=O)c2cccc3c(N(C(=O)/C=C/c4ccc(OC(C)=O)c(OC(C)=O)c4)S(=O)(=O)C(F)(F)F)cccc23)cc1. The lowest BCUT2D eigenvalue weighted by molar-refractivity contribution is -0.134. The van der Waals surface area contributed by atoms with Gasteiger partial charge in [-0.1, -0.05) is 37.3 Å². The quantitative estimate of drug-likeness (QED) is 0.120. The van der Waals surface area contributed by atoms with Crippen LogP contribution in [0.3, 0.4) is 0 Å². The minimum absolute atomic E-state index is 0.0116. The van der Waals surface area contributed by atoms with Gasteiger partial charge in [0.05, 0.1) is 21.2 Å². The van der Waals surface area contributed by atoms with Gasteiger partial charge < -0.3 is 9.47 Å². The van der Waals surface area contributed by atoms with Gasteiger partial charge in [-0.15, -0.1) is 0 Å². The van der Waals surface area contributed by atoms with E-state index in [-0.39, 0.29) is 44.2 Å². The van der Waals surface area contributed by atoms with Gasteiger partial charge >= 0.3 is 27.5 Å². The third-order valence-corrected chi connectivity index (χ3v) is 11.5. The summed E-state index contributed by atoms with van der Waals surface area (Å²) in [5.41, 5.74) is -6.87. The van der Waals surface area contributed by atoms with E-state index in [4.69, 9.17) is 9.47 Å². The highest BCUT2D eigenvalue weighted by molar-refractivity contribution is 7.94. The summed E-state index contributed by atoms with van der Waals surface area (Å²) in [7, 11) is -14.6. The average molecular weight is 769 g/mol. The van der Waals surface area contributed by atoms with Gasteiger partial charge in [-0.3, -0.25) is 19.1 Å². The third-order valence-electron chi connectivity index (χ3n) is 6.84. The fourth-order valence-electron chi connectivity index (χ4n) is 4.59. The monoisotopic (exact) mass is 768 g/mol. The molecule has 19 heteroatoms. The summed E-state index contributed by atoms with van der Waals surface area (Å²) in [6.07, 6.45) is 1.40. The van der Waals surface area contributed by atoms with Crippen molar-refractivity contribution in [2.75, 3.05) is 14.8 Å². The first kappa shape index (κ1) is 38.5. The van der Waals surface area contributed by atoms with Gasteiger partial charge in [-0.05, 0) is 60.2 Å². The molecule has 0 atom stereocenters. The van der Waals surface area contributed by atoms with Crippen molar-refractivity contribution in [3.8, 4) is 11.5 Å². The lowest BCUT2D eigenvalue weighted by Gasteiger charge is -2.24. The normalized spacial score (nSPS) is 12.4. The zero-order valence-electron chi connectivity index (χ0n) is 26.7. The van der Waals surface area contributed by atoms with Gasteiger partial charge in [0, 0.05) is 36.4 Å². The second-order valence-electron chi connectivity index (χ2n) is 10.4. The Morgan fingerprint density at radius 1 is 0.784 bits per heavy atom. The van der Waals surface area contributed by atoms with E-state index in [9.17, 15) is 52.8 Å². The van der Waals surface area contributed by atoms with Crippen LogP contribution in [-0.4, -0.2) is 54.4 Å². The van der Waals surface area contributed by atoms with Crippen molar-refractivity contribution >= 4 is 76.0 Å². The van der Waals surface area contributed by atoms with Gasteiger partial charge in [-0.2, -0.15) is 25.9 Å². The smallest absolute Gasteiger partial charge is 0.423 e. The molecule has 0 saturated heterocycles. The summed E-state index contributed by atoms with van der Waals surface area (Å²) in [5.74, 6) is -3.99. The maximum atomic E-state index is 14.0. The molecule has 0 aromatic heterocycles. The first-order valence-electron chi connectivity index (χ1n) is 14.4. The standard InChI is InChI=1S/C32H27F3N2O11S3/c1-4-49(41,42)24-15-13-23(14-16-24)36-50(43,44)30-10-6-7-25-26(30)8-5-9-27(25)37(51(45,46)32(33,34)35)31(40)18-12-22-11-17-28(47-20(2)38)29(19-22)48-21(3)39/h5-19,36H,4H2,1-3H3/b18-12+. The number of nitrogens with zero attached hydrogens (tertiary/aromatic N) is 1. The Kier molecular flexibility index (Phi) is 11.0. The molecule has 270 valence electrons. The third kappa shape index (κ3) is 8.55. The van der Waals surface area contributed by atoms with Crippen molar-refractivity contribution in [3.05, 3.63) is 90.5 Å². The molecular formula is C32H27F3N2O11S3. The summed E-state index contributed by atoms with van der Waals surface area (Å²) in [6, 6.07) is 14.7. The Balaban J connectivity index is 1.80. The lowest BCUT2D eigenvalue weighted by atomic mass is 10.1. The number of rotatable bonds is 11. The number of nitrogens with one attached hydrogen (secondary N) is 1. The predicted octanol–water partition coefficient (Wildman–Crippen LogP) is 5.18. The molecule has 13 nitrogen and oxygen atoms in total. The summed E-state index contributed by atoms with van der Waals surface area (Å²) in [5, 5.41) is -0.638. The fraction of sp³-hybridized carbons (Fsp3) is 0.156. The zero-order valence-corrected chi connectivity index (χ0v) is 29.1. The highest BCUT2D eigenvalue weighted by Crippen LogP contribution is 2.38. The fourth-order valence-corrected chi connectivity index (χ4v) is 7.68. The van der Waals surface area contributed by atoms with Crippen molar-refractivity contribution in [2.24, 2.45) is 0 Å². The molecule has 0 heterocycles. The molecule has 4 aromatic carbocycles. The summed E-state index contributed by atoms with van der Waals surface area (Å²) in [4.78, 5) is 35.8. The van der Waals surface area contributed by atoms with Crippen LogP contribution in [0, 0.1) is 0 Å². The predicted molar refractivity (Wildman–Crippen MR) is 179 cm³/mol. The maximum absolute atomic E-state index is 14.0. The Hall–Kier alpha value is -5.27. The molecule has 0 aliphatic rings. The zero-order chi connectivity index (χ0) is 37.9. The van der Waals surface area contributed by atoms with E-state index in [1.165, 1.54) is 43.3 Å². The number of amides is 1. The number of sulfone groups is 1. The van der Waals surface area contributed by atoms with Gasteiger partial charge in [0.2, 0.25) is 0 Å². The first-order valence-corrected chi connectivity index (χ1v) is 19.0. The van der Waals surface area contributed by atoms with Crippen LogP contribution in [0.2, 0.25) is 0 Å². The average Bonchev–Trinajstić information content (AvgIpc) is 3.03. The lowest BCUT2D eigenvalue weighted by Crippen LogP contribution is -2.44. The van der Waals surface area contributed by atoms with E-state index in [1.807, 2.05) is 0 Å². The molecule has 0 unspecified atom stereocenters. The van der Waals surface area contributed by atoms with Gasteiger partial charge in [0.1, 0.15) is 0 Å². The number of halogens is 3. The molecule has 1 N–H and O–H groups in total. The molecule has 0 radical (unpaired) electrons. The number of alkyl halides is 3. The molecule has 0 aliphatic carbocycles. The number of hydrogen-bond acceptors (Lipinski definition) is 11. The molecule has 1 amide bonds. The number of carbonyl (C=O) groups excluding carboxylic acids is 3. The van der Waals surface area contributed by atoms with Crippen molar-refractivity contribution in [3.63, 3.8) is 0 Å². The summed E-state index contributed by atoms with van der Waals surface area (Å²) >= 11 is 0. The Morgan fingerprint density at radius 2 is 1.37 bits per heavy atom. The van der Waals surface area contributed by atoms with Crippen molar-refractivity contribution in [1.82, 2.24) is 0 Å². The minimum Gasteiger partial charge on any atom is -0.423 e. The van der Waals surface area contributed by atoms with Crippen LogP contribution in [0.15, 0.2) is 94.7 Å². The number of fused-ring (bicyclic) bond motifs is 1. The van der Waals surface area contributed by atoms with E-state index in [2.05, 4.69) is 4.72 Å². The molecule has 4 rings (SSSR count). The highest BCUT2D eigenvalue weighted by Gasteiger charge is 2.52. The van der Waals surface area contributed by atoms with E-state index in [1.54, 1.807) is 0 Å². The Bertz CT molecular complexity index is 2390. The van der Waals surface area contributed by atoms with Crippen molar-refractivity contribution in [1.29, 1.82) is 0 Å². The minimum atomic E-state index is -6.45. The Morgan fingerprint density at radius 3 is 1.96 bits per heavy atom. The van der Waals surface area contributed by atoms with E-state index >= 15 is 0 Å². The van der Waals surface area contributed by atoms with E-state index in [0.29, 0.717) is 6.08 Å². The number of carbonyl (C=O) groups is 3. The summed E-state index contributed by atoms with van der Waals surface area (Å²) in [6.45, 7) is 3.55. The van der Waals surface area contributed by atoms with Crippen LogP contribution < -0.4 is 18.5 Å². The van der Waals surface area contributed by atoms with Crippen LogP contribution in [0.5, 0.6) is 11.5 Å². The van der Waals surface area contributed by atoms with Crippen LogP contribution in [0.25, 0.3) is 16.8 Å². The van der Waals surface area contributed by atoms with Crippen LogP contribution in [-0.2, 0) is 44.3 Å². The van der Waals surface area contributed by atoms with Crippen LogP contribution in [0.4, 0.5) is 24.5 Å². The van der Waals surface area contributed by atoms with E-state index in [0.717, 1.165) is 62.4 Å². The highest BCUT2D eigenvalue weighted by atomic mass is 32.2. The summed E-state index contributed by atoms with van der Waals surface area (Å²) < 4.78 is 131. The van der Waals surface area contributed by atoms with Crippen molar-refractivity contribution < 1.29 is 62.3 Å². The van der Waals surface area contributed by atoms with Crippen molar-refractivity contribution in [2.45, 2.75) is 36.1 Å². The first-order chi connectivity index (χ1) is 23.7. The Labute approximate surface area is 290 Å². The number of hydrogen-bond donors (Lipinski definition) is 1. The van der Waals surface area contributed by atoms with Crippen LogP contribution >= 0.6 is 0 Å². The second kappa shape index (κ2) is 14.5. The number of ether oxygens (including phenoxy) is 2. The largest absolute Gasteiger partial charge is 0.517 e. The number of anilines is 2. The molecule has 51 heavy (non-hydrogen) atoms. The molecule has 0 saturated carbocycles. The molecule has 4 aromatic rings. The molecule has 0 fully saturated rings. The second-order valence-corrected chi connectivity index (χ2v) is 16.1. The molecule has 0 spiro atoms. The topological polar surface area (TPSA) is 187 Å². The molecule has 0 aliphatic heterocycles. The van der Waals surface area contributed by atoms with E-state index < -0.39 is 68.1 Å². The van der Waals surface area contributed by atoms with Crippen LogP contribution in [0.1, 0.15) is 26.3 Å². The molecule has 0 bridgehead atoms. The number of sulfonamides is 2. The van der Waals surface area contributed by atoms with Gasteiger partial charge in [0.25, 0.3) is 15.9 Å².